The van der Waals surface area contributed by atoms with Gasteiger partial charge in [-0.1, -0.05) is 6.07 Å². The van der Waals surface area contributed by atoms with Crippen LogP contribution in [0.2, 0.25) is 0 Å². The van der Waals surface area contributed by atoms with Gasteiger partial charge in [-0.25, -0.2) is 0 Å². The molecule has 1 N–H and O–H groups in total. The maximum atomic E-state index is 11.8. The van der Waals surface area contributed by atoms with Gasteiger partial charge in [0, 0.05) is 12.1 Å². The fraction of sp³-hybridized carbons (Fsp3) is 0.429. The fourth-order valence-corrected chi connectivity index (χ4v) is 1.47. The molecule has 0 spiro atoms. The smallest absolute Gasteiger partial charge is 0.307 e. The van der Waals surface area contributed by atoms with Gasteiger partial charge >= 0.3 is 5.97 Å². The molecular weight excluding hydrogens is 246 g/mol. The van der Waals surface area contributed by atoms with Gasteiger partial charge < -0.3 is 14.8 Å². The quantitative estimate of drug-likeness (QED) is 0.796. The predicted molar refractivity (Wildman–Crippen MR) is 71.2 cm³/mol. The molecule has 0 radical (unpaired) electrons. The van der Waals surface area contributed by atoms with Gasteiger partial charge in [-0.2, -0.15) is 0 Å². The Bertz CT molecular complexity index is 443. The Morgan fingerprint density at radius 2 is 2.05 bits per heavy atom. The lowest BCUT2D eigenvalue weighted by molar-refractivity contribution is -0.140. The molecule has 0 aliphatic carbocycles. The minimum absolute atomic E-state index is 0.0534. The molecule has 19 heavy (non-hydrogen) atoms. The summed E-state index contributed by atoms with van der Waals surface area (Å²) in [4.78, 5) is 22.7. The Labute approximate surface area is 112 Å². The topological polar surface area (TPSA) is 64.6 Å². The molecule has 0 aliphatic heterocycles. The number of benzene rings is 1. The van der Waals surface area contributed by atoms with Crippen molar-refractivity contribution in [1.29, 1.82) is 0 Å². The van der Waals surface area contributed by atoms with Crippen molar-refractivity contribution >= 4 is 11.9 Å². The molecule has 1 amide bonds. The molecule has 104 valence electrons. The van der Waals surface area contributed by atoms with Crippen LogP contribution in [0.4, 0.5) is 0 Å². The highest BCUT2D eigenvalue weighted by Crippen LogP contribution is 2.14. The summed E-state index contributed by atoms with van der Waals surface area (Å²) >= 11 is 0. The van der Waals surface area contributed by atoms with Crippen LogP contribution in [0, 0.1) is 0 Å². The van der Waals surface area contributed by atoms with Crippen LogP contribution >= 0.6 is 0 Å². The molecule has 1 aromatic carbocycles. The van der Waals surface area contributed by atoms with E-state index >= 15 is 0 Å². The summed E-state index contributed by atoms with van der Waals surface area (Å²) in [7, 11) is 1.32. The summed E-state index contributed by atoms with van der Waals surface area (Å²) in [5.74, 6) is 0.0610. The zero-order valence-corrected chi connectivity index (χ0v) is 11.4. The number of carbonyl (C=O) groups excluding carboxylic acids is 2. The highest BCUT2D eigenvalue weighted by molar-refractivity contribution is 5.94. The van der Waals surface area contributed by atoms with Crippen LogP contribution < -0.4 is 10.1 Å². The zero-order valence-electron chi connectivity index (χ0n) is 11.4. The van der Waals surface area contributed by atoms with E-state index in [2.05, 4.69) is 10.1 Å². The largest absolute Gasteiger partial charge is 0.491 e. The van der Waals surface area contributed by atoms with Crippen LogP contribution in [0.25, 0.3) is 0 Å². The molecule has 0 unspecified atom stereocenters. The Morgan fingerprint density at radius 3 is 2.68 bits per heavy atom. The number of ether oxygens (including phenoxy) is 2. The van der Waals surface area contributed by atoms with E-state index in [4.69, 9.17) is 4.74 Å². The number of amides is 1. The summed E-state index contributed by atoms with van der Waals surface area (Å²) < 4.78 is 10.0. The summed E-state index contributed by atoms with van der Waals surface area (Å²) in [6.45, 7) is 4.09. The van der Waals surface area contributed by atoms with Crippen molar-refractivity contribution in [2.45, 2.75) is 26.4 Å². The van der Waals surface area contributed by atoms with E-state index in [0.29, 0.717) is 11.3 Å². The third-order valence-electron chi connectivity index (χ3n) is 2.31. The van der Waals surface area contributed by atoms with Crippen LogP contribution in [0.15, 0.2) is 24.3 Å². The summed E-state index contributed by atoms with van der Waals surface area (Å²) in [6, 6.07) is 6.92. The molecule has 0 saturated heterocycles. The average Bonchev–Trinajstić information content (AvgIpc) is 2.37. The number of rotatable bonds is 6. The molecule has 1 rings (SSSR count). The fourth-order valence-electron chi connectivity index (χ4n) is 1.47. The monoisotopic (exact) mass is 265 g/mol. The normalized spacial score (nSPS) is 10.1. The van der Waals surface area contributed by atoms with Crippen molar-refractivity contribution < 1.29 is 19.1 Å². The zero-order chi connectivity index (χ0) is 14.3. The number of carbonyl (C=O) groups is 2. The second-order valence-corrected chi connectivity index (χ2v) is 4.28. The van der Waals surface area contributed by atoms with Crippen LogP contribution in [0.1, 0.15) is 30.6 Å². The second kappa shape index (κ2) is 7.41. The first-order valence-electron chi connectivity index (χ1n) is 6.14. The Kier molecular flexibility index (Phi) is 5.85. The van der Waals surface area contributed by atoms with E-state index in [0.717, 1.165) is 0 Å². The number of hydrogen-bond donors (Lipinski definition) is 1. The molecule has 0 saturated carbocycles. The van der Waals surface area contributed by atoms with E-state index in [-0.39, 0.29) is 30.9 Å². The molecule has 0 bridgehead atoms. The van der Waals surface area contributed by atoms with Crippen molar-refractivity contribution in [2.24, 2.45) is 0 Å². The van der Waals surface area contributed by atoms with Crippen LogP contribution in [0.5, 0.6) is 5.75 Å². The molecule has 5 heteroatoms. The molecule has 0 aliphatic rings. The van der Waals surface area contributed by atoms with E-state index in [1.807, 2.05) is 13.8 Å². The summed E-state index contributed by atoms with van der Waals surface area (Å²) in [5.41, 5.74) is 0.503. The maximum Gasteiger partial charge on any atom is 0.307 e. The van der Waals surface area contributed by atoms with Gasteiger partial charge in [0.2, 0.25) is 0 Å². The van der Waals surface area contributed by atoms with Crippen molar-refractivity contribution in [3.63, 3.8) is 0 Å². The molecule has 0 atom stereocenters. The minimum atomic E-state index is -0.350. The first-order valence-corrected chi connectivity index (χ1v) is 6.14. The lowest BCUT2D eigenvalue weighted by atomic mass is 10.2. The summed E-state index contributed by atoms with van der Waals surface area (Å²) in [5, 5.41) is 2.65. The number of hydrogen-bond acceptors (Lipinski definition) is 4. The van der Waals surface area contributed by atoms with Crippen LogP contribution in [-0.2, 0) is 9.53 Å². The van der Waals surface area contributed by atoms with E-state index in [9.17, 15) is 9.59 Å². The van der Waals surface area contributed by atoms with Crippen LogP contribution in [0.3, 0.4) is 0 Å². The number of nitrogens with one attached hydrogen (secondary N) is 1. The molecule has 0 heterocycles. The molecule has 0 fully saturated rings. The van der Waals surface area contributed by atoms with Gasteiger partial charge in [0.25, 0.3) is 5.91 Å². The Morgan fingerprint density at radius 1 is 1.32 bits per heavy atom. The average molecular weight is 265 g/mol. The lowest BCUT2D eigenvalue weighted by Crippen LogP contribution is -2.26. The standard InChI is InChI=1S/C14H19NO4/c1-10(2)19-12-6-4-5-11(9-12)14(17)15-8-7-13(16)18-3/h4-6,9-10H,7-8H2,1-3H3,(H,15,17). The Hall–Kier alpha value is -2.04. The third kappa shape index (κ3) is 5.42. The maximum absolute atomic E-state index is 11.8. The van der Waals surface area contributed by atoms with Gasteiger partial charge in [0.05, 0.1) is 19.6 Å². The van der Waals surface area contributed by atoms with Crippen LogP contribution in [-0.4, -0.2) is 31.6 Å². The Balaban J connectivity index is 2.54. The van der Waals surface area contributed by atoms with Crippen molar-refractivity contribution in [3.8, 4) is 5.75 Å². The highest BCUT2D eigenvalue weighted by Gasteiger charge is 2.08. The van der Waals surface area contributed by atoms with Crippen molar-refractivity contribution in [2.75, 3.05) is 13.7 Å². The first kappa shape index (κ1) is 15.0. The van der Waals surface area contributed by atoms with Crippen molar-refractivity contribution in [3.05, 3.63) is 29.8 Å². The van der Waals surface area contributed by atoms with Crippen molar-refractivity contribution in [1.82, 2.24) is 5.32 Å². The van der Waals surface area contributed by atoms with E-state index in [1.54, 1.807) is 24.3 Å². The van der Waals surface area contributed by atoms with E-state index in [1.165, 1.54) is 7.11 Å². The highest BCUT2D eigenvalue weighted by atomic mass is 16.5. The van der Waals surface area contributed by atoms with Gasteiger partial charge in [0.1, 0.15) is 5.75 Å². The third-order valence-corrected chi connectivity index (χ3v) is 2.31. The summed E-state index contributed by atoms with van der Waals surface area (Å²) in [6.07, 6.45) is 0.211. The molecular formula is C14H19NO4. The van der Waals surface area contributed by atoms with Gasteiger partial charge in [0.15, 0.2) is 0 Å². The van der Waals surface area contributed by atoms with Gasteiger partial charge in [-0.05, 0) is 32.0 Å². The minimum Gasteiger partial charge on any atom is -0.491 e. The number of esters is 1. The lowest BCUT2D eigenvalue weighted by Gasteiger charge is -2.11. The second-order valence-electron chi connectivity index (χ2n) is 4.28. The first-order chi connectivity index (χ1) is 9.02. The SMILES string of the molecule is COC(=O)CCNC(=O)c1cccc(OC(C)C)c1. The van der Waals surface area contributed by atoms with Gasteiger partial charge in [-0.15, -0.1) is 0 Å². The molecule has 1 aromatic rings. The van der Waals surface area contributed by atoms with Gasteiger partial charge in [-0.3, -0.25) is 9.59 Å². The predicted octanol–water partition coefficient (Wildman–Crippen LogP) is 1.77. The molecule has 5 nitrogen and oxygen atoms in total. The van der Waals surface area contributed by atoms with E-state index < -0.39 is 0 Å². The molecule has 0 aromatic heterocycles. The number of methoxy groups -OCH3 is 1.